The van der Waals surface area contributed by atoms with E-state index in [2.05, 4.69) is 0 Å². The smallest absolute Gasteiger partial charge is 1.00 e. The molecular weight excluding hydrogens is 91.1 g/mol. The van der Waals surface area contributed by atoms with Crippen LogP contribution in [0.4, 0.5) is 0 Å². The molecule has 0 radical (unpaired) electrons. The maximum Gasteiger partial charge on any atom is 1.00 e. The second-order valence-corrected chi connectivity index (χ2v) is 0.577. The molecule has 0 atom stereocenters. The van der Waals surface area contributed by atoms with E-state index in [0.717, 1.165) is 0 Å². The van der Waals surface area contributed by atoms with Crippen molar-refractivity contribution in [3.63, 3.8) is 0 Å². The minimum Gasteiger partial charge on any atom is -1.00 e. The van der Waals surface area contributed by atoms with Gasteiger partial charge in [0, 0.05) is 13.1 Å². The molecule has 0 amide bonds. The molecule has 0 bridgehead atoms. The van der Waals surface area contributed by atoms with Gasteiger partial charge in [-0.3, -0.25) is 0 Å². The third kappa shape index (κ3) is 10.8. The quantitative estimate of drug-likeness (QED) is 0.330. The molecule has 0 unspecified atom stereocenters. The van der Waals surface area contributed by atoms with E-state index in [-0.39, 0.29) is 52.8 Å². The van der Waals surface area contributed by atoms with Crippen molar-refractivity contribution < 1.29 is 52.8 Å². The molecule has 0 aromatic carbocycles. The number of rotatable bonds is 1. The maximum atomic E-state index is 4.90. The average molecular weight is 100 g/mol. The summed E-state index contributed by atoms with van der Waals surface area (Å²) in [5, 5.41) is 0. The van der Waals surface area contributed by atoms with Gasteiger partial charge in [0.15, 0.2) is 0 Å². The van der Waals surface area contributed by atoms with Gasteiger partial charge < -0.3 is 12.9 Å². The molecule has 0 spiro atoms. The van der Waals surface area contributed by atoms with Crippen molar-refractivity contribution in [3.05, 3.63) is 0 Å². The third-order valence-corrected chi connectivity index (χ3v) is 0.167. The van der Waals surface area contributed by atoms with Crippen LogP contribution in [0.1, 0.15) is 1.43 Å². The van der Waals surface area contributed by atoms with E-state index in [1.165, 1.54) is 0 Å². The van der Waals surface area contributed by atoms with Gasteiger partial charge in [0.2, 0.25) is 0 Å². The fourth-order valence-electron chi connectivity index (χ4n) is 0. The van der Waals surface area contributed by atoms with E-state index in [0.29, 0.717) is 13.1 Å². The molecule has 0 aromatic heterocycles. The molecule has 3 heteroatoms. The Balaban J connectivity index is -0.0000000450. The summed E-state index contributed by atoms with van der Waals surface area (Å²) in [6, 6.07) is 0. The van der Waals surface area contributed by atoms with Crippen LogP contribution in [0.3, 0.4) is 0 Å². The van der Waals surface area contributed by atoms with Crippen LogP contribution >= 0.6 is 0 Å². The van der Waals surface area contributed by atoms with Gasteiger partial charge in [0.25, 0.3) is 0 Å². The number of nitrogens with two attached hydrogens (primary N) is 2. The summed E-state index contributed by atoms with van der Waals surface area (Å²) in [7, 11) is 0. The van der Waals surface area contributed by atoms with Gasteiger partial charge in [-0.25, -0.2) is 0 Å². The molecule has 0 aliphatic heterocycles. The SMILES string of the molecule is NCCN.[H-].[K+]. The third-order valence-electron chi connectivity index (χ3n) is 0.167. The Bertz CT molecular complexity index is 13.5. The van der Waals surface area contributed by atoms with E-state index in [4.69, 9.17) is 11.5 Å². The van der Waals surface area contributed by atoms with Crippen molar-refractivity contribution in [2.24, 2.45) is 11.5 Å². The van der Waals surface area contributed by atoms with Gasteiger partial charge in [-0.05, 0) is 0 Å². The molecule has 0 aromatic rings. The van der Waals surface area contributed by atoms with E-state index < -0.39 is 0 Å². The van der Waals surface area contributed by atoms with Crippen LogP contribution in [0, 0.1) is 0 Å². The first-order chi connectivity index (χ1) is 1.91. The minimum atomic E-state index is 0. The standard InChI is InChI=1S/C2H8N2.K.H/c3-1-2-4;;/h1-4H2;;/q;+1;-1. The van der Waals surface area contributed by atoms with Crippen LogP contribution in [0.5, 0.6) is 0 Å². The van der Waals surface area contributed by atoms with Crippen molar-refractivity contribution in [1.82, 2.24) is 0 Å². The first-order valence-corrected chi connectivity index (χ1v) is 1.32. The Labute approximate surface area is 76.2 Å². The van der Waals surface area contributed by atoms with E-state index in [1.54, 1.807) is 0 Å². The zero-order chi connectivity index (χ0) is 3.41. The van der Waals surface area contributed by atoms with Crippen LogP contribution in [0.25, 0.3) is 0 Å². The van der Waals surface area contributed by atoms with Crippen molar-refractivity contribution in [2.45, 2.75) is 0 Å². The Morgan fingerprint density at radius 1 is 1.20 bits per heavy atom. The van der Waals surface area contributed by atoms with Crippen molar-refractivity contribution in [2.75, 3.05) is 13.1 Å². The summed E-state index contributed by atoms with van der Waals surface area (Å²) in [5.41, 5.74) is 9.81. The zero-order valence-electron chi connectivity index (χ0n) is 4.57. The van der Waals surface area contributed by atoms with E-state index in [1.807, 2.05) is 0 Å². The first-order valence-electron chi connectivity index (χ1n) is 1.32. The largest absolute Gasteiger partial charge is 1.00 e. The summed E-state index contributed by atoms with van der Waals surface area (Å²) in [4.78, 5) is 0. The number of hydrogen-bond acceptors (Lipinski definition) is 2. The van der Waals surface area contributed by atoms with Crippen LogP contribution < -0.4 is 62.9 Å². The van der Waals surface area contributed by atoms with Gasteiger partial charge in [-0.1, -0.05) is 0 Å². The molecule has 0 rings (SSSR count). The molecule has 0 heterocycles. The molecule has 0 fully saturated rings. The molecular formula is C2H9KN2. The van der Waals surface area contributed by atoms with Gasteiger partial charge in [0.1, 0.15) is 0 Å². The maximum absolute atomic E-state index is 4.90. The van der Waals surface area contributed by atoms with Gasteiger partial charge in [-0.2, -0.15) is 0 Å². The zero-order valence-corrected chi connectivity index (χ0v) is 6.69. The normalized spacial score (nSPS) is 6.00. The molecule has 4 N–H and O–H groups in total. The monoisotopic (exact) mass is 100 g/mol. The summed E-state index contributed by atoms with van der Waals surface area (Å²) < 4.78 is 0. The molecule has 0 saturated carbocycles. The fourth-order valence-corrected chi connectivity index (χ4v) is 0. The second kappa shape index (κ2) is 9.12. The van der Waals surface area contributed by atoms with Crippen LogP contribution in [-0.4, -0.2) is 13.1 Å². The number of hydrogen-bond donors (Lipinski definition) is 2. The van der Waals surface area contributed by atoms with E-state index >= 15 is 0 Å². The fraction of sp³-hybridized carbons (Fsp3) is 1.00. The molecule has 2 nitrogen and oxygen atoms in total. The van der Waals surface area contributed by atoms with Crippen LogP contribution in [0.15, 0.2) is 0 Å². The predicted octanol–water partition coefficient (Wildman–Crippen LogP) is -3.98. The summed E-state index contributed by atoms with van der Waals surface area (Å²) >= 11 is 0. The Morgan fingerprint density at radius 3 is 1.40 bits per heavy atom. The van der Waals surface area contributed by atoms with Crippen LogP contribution in [0.2, 0.25) is 0 Å². The predicted molar refractivity (Wildman–Crippen MR) is 19.2 cm³/mol. The molecule has 0 aliphatic carbocycles. The summed E-state index contributed by atoms with van der Waals surface area (Å²) in [5.74, 6) is 0. The van der Waals surface area contributed by atoms with E-state index in [9.17, 15) is 0 Å². The topological polar surface area (TPSA) is 52.0 Å². The summed E-state index contributed by atoms with van der Waals surface area (Å²) in [6.07, 6.45) is 0. The Morgan fingerprint density at radius 2 is 1.40 bits per heavy atom. The molecule has 0 aliphatic rings. The minimum absolute atomic E-state index is 0. The molecule has 5 heavy (non-hydrogen) atoms. The first kappa shape index (κ1) is 9.75. The Hall–Kier alpha value is 1.56. The summed E-state index contributed by atoms with van der Waals surface area (Å²) in [6.45, 7) is 1.19. The van der Waals surface area contributed by atoms with Gasteiger partial charge >= 0.3 is 51.4 Å². The Kier molecular flexibility index (Phi) is 17.8. The van der Waals surface area contributed by atoms with Crippen molar-refractivity contribution >= 4 is 0 Å². The van der Waals surface area contributed by atoms with Gasteiger partial charge in [0.05, 0.1) is 0 Å². The average Bonchev–Trinajstić information content (AvgIpc) is 1.37. The molecule has 28 valence electrons. The molecule has 0 saturated heterocycles. The van der Waals surface area contributed by atoms with Crippen molar-refractivity contribution in [3.8, 4) is 0 Å². The van der Waals surface area contributed by atoms with Gasteiger partial charge in [-0.15, -0.1) is 0 Å². The van der Waals surface area contributed by atoms with Crippen LogP contribution in [-0.2, 0) is 0 Å². The second-order valence-electron chi connectivity index (χ2n) is 0.577. The van der Waals surface area contributed by atoms with Crippen molar-refractivity contribution in [1.29, 1.82) is 0 Å².